The lowest BCUT2D eigenvalue weighted by molar-refractivity contribution is -0.122. The Morgan fingerprint density at radius 3 is 3.07 bits per heavy atom. The molecule has 154 valence electrons. The molecule has 1 aliphatic heterocycles. The van der Waals surface area contributed by atoms with E-state index in [4.69, 9.17) is 4.52 Å². The summed E-state index contributed by atoms with van der Waals surface area (Å²) in [6, 6.07) is 2.00. The number of likely N-dealkylation sites (tertiary alicyclic amines) is 1. The zero-order valence-corrected chi connectivity index (χ0v) is 17.3. The van der Waals surface area contributed by atoms with Crippen LogP contribution < -0.4 is 5.32 Å². The Labute approximate surface area is 174 Å². The number of imidazole rings is 1. The highest BCUT2D eigenvalue weighted by Crippen LogP contribution is 2.41. The Morgan fingerprint density at radius 1 is 1.34 bits per heavy atom. The summed E-state index contributed by atoms with van der Waals surface area (Å²) in [5.74, 6) is 1.47. The van der Waals surface area contributed by atoms with E-state index in [2.05, 4.69) is 25.7 Å². The van der Waals surface area contributed by atoms with Crippen molar-refractivity contribution >= 4 is 27.5 Å². The molecule has 3 aromatic rings. The van der Waals surface area contributed by atoms with Crippen LogP contribution in [0.1, 0.15) is 37.3 Å². The molecular formula is C21H27N5O2S. The van der Waals surface area contributed by atoms with Gasteiger partial charge in [-0.1, -0.05) is 5.16 Å². The van der Waals surface area contributed by atoms with E-state index in [0.717, 1.165) is 69.7 Å². The third kappa shape index (κ3) is 4.23. The predicted octanol–water partition coefficient (Wildman–Crippen LogP) is 3.11. The first kappa shape index (κ1) is 18.8. The average Bonchev–Trinajstić information content (AvgIpc) is 3.13. The average molecular weight is 414 g/mol. The van der Waals surface area contributed by atoms with Crippen LogP contribution in [0.4, 0.5) is 0 Å². The van der Waals surface area contributed by atoms with E-state index in [-0.39, 0.29) is 11.8 Å². The molecule has 0 bridgehead atoms. The third-order valence-corrected chi connectivity index (χ3v) is 7.20. The number of fused-ring (bicyclic) bond motifs is 1. The van der Waals surface area contributed by atoms with Crippen LogP contribution in [0.2, 0.25) is 0 Å². The molecule has 4 heterocycles. The van der Waals surface area contributed by atoms with Gasteiger partial charge in [0.1, 0.15) is 5.69 Å². The number of hydrogen-bond donors (Lipinski definition) is 1. The Kier molecular flexibility index (Phi) is 5.37. The molecule has 0 aromatic carbocycles. The summed E-state index contributed by atoms with van der Waals surface area (Å²) < 4.78 is 8.70. The summed E-state index contributed by atoms with van der Waals surface area (Å²) in [5.41, 5.74) is 2.07. The van der Waals surface area contributed by atoms with E-state index in [1.165, 1.54) is 4.70 Å². The summed E-state index contributed by atoms with van der Waals surface area (Å²) >= 11 is 1.73. The Bertz CT molecular complexity index is 942. The number of nitrogens with zero attached hydrogens (tertiary/aromatic N) is 4. The molecule has 0 spiro atoms. The molecule has 7 nitrogen and oxygen atoms in total. The van der Waals surface area contributed by atoms with Crippen LogP contribution in [0.15, 0.2) is 34.7 Å². The van der Waals surface area contributed by atoms with Gasteiger partial charge in [0.25, 0.3) is 0 Å². The second kappa shape index (κ2) is 8.28. The molecule has 1 saturated heterocycles. The Balaban J connectivity index is 1.01. The molecule has 5 rings (SSSR count). The summed E-state index contributed by atoms with van der Waals surface area (Å²) in [6.45, 7) is 4.85. The van der Waals surface area contributed by atoms with Crippen LogP contribution in [0.5, 0.6) is 0 Å². The molecule has 29 heavy (non-hydrogen) atoms. The molecule has 0 radical (unpaired) electrons. The van der Waals surface area contributed by atoms with Gasteiger partial charge in [-0.15, -0.1) is 11.3 Å². The largest absolute Gasteiger partial charge is 0.356 e. The maximum Gasteiger partial charge on any atom is 0.223 e. The highest BCUT2D eigenvalue weighted by Gasteiger charge is 2.43. The van der Waals surface area contributed by atoms with Crippen molar-refractivity contribution in [2.45, 2.75) is 38.1 Å². The van der Waals surface area contributed by atoms with Crippen LogP contribution >= 0.6 is 11.3 Å². The van der Waals surface area contributed by atoms with Crippen molar-refractivity contribution in [2.24, 2.45) is 11.8 Å². The fourth-order valence-corrected chi connectivity index (χ4v) is 5.34. The molecule has 1 unspecified atom stereocenters. The summed E-state index contributed by atoms with van der Waals surface area (Å²) in [5, 5.41) is 9.50. The molecule has 1 aliphatic carbocycles. The van der Waals surface area contributed by atoms with Crippen molar-refractivity contribution < 1.29 is 9.32 Å². The van der Waals surface area contributed by atoms with Crippen molar-refractivity contribution in [2.75, 3.05) is 26.2 Å². The zero-order chi connectivity index (χ0) is 19.6. The third-order valence-electron chi connectivity index (χ3n) is 6.28. The number of carbonyl (C=O) groups excluding carboxylic acids is 1. The van der Waals surface area contributed by atoms with E-state index in [9.17, 15) is 4.79 Å². The monoisotopic (exact) mass is 413 g/mol. The first-order valence-electron chi connectivity index (χ1n) is 10.6. The lowest BCUT2D eigenvalue weighted by Crippen LogP contribution is -2.35. The van der Waals surface area contributed by atoms with Crippen LogP contribution in [0.3, 0.4) is 0 Å². The Hall–Kier alpha value is -2.19. The van der Waals surface area contributed by atoms with Gasteiger partial charge in [-0.05, 0) is 56.1 Å². The van der Waals surface area contributed by atoms with Gasteiger partial charge in [0, 0.05) is 43.9 Å². The minimum atomic E-state index is 0.210. The molecule has 2 atom stereocenters. The lowest BCUT2D eigenvalue weighted by atomic mass is 9.93. The SMILES string of the molecule is O=C(NCCCn1ccnc1)C1C[C@H]1CN1CCC(c2noc3ccsc23)CC1. The first-order chi connectivity index (χ1) is 14.3. The molecule has 1 saturated carbocycles. The fraction of sp³-hybridized carbons (Fsp3) is 0.571. The van der Waals surface area contributed by atoms with Gasteiger partial charge in [0.15, 0.2) is 5.58 Å². The number of aryl methyl sites for hydroxylation is 1. The number of hydrogen-bond acceptors (Lipinski definition) is 6. The quantitative estimate of drug-likeness (QED) is 0.574. The number of aromatic nitrogens is 3. The molecule has 2 aliphatic rings. The van der Waals surface area contributed by atoms with Crippen molar-refractivity contribution in [3.8, 4) is 0 Å². The van der Waals surface area contributed by atoms with Crippen molar-refractivity contribution in [1.82, 2.24) is 24.9 Å². The number of nitrogens with one attached hydrogen (secondary N) is 1. The number of carbonyl (C=O) groups is 1. The summed E-state index contributed by atoms with van der Waals surface area (Å²) in [4.78, 5) is 18.9. The maximum absolute atomic E-state index is 12.4. The molecule has 8 heteroatoms. The molecule has 2 fully saturated rings. The number of thiophene rings is 1. The van der Waals surface area contributed by atoms with Gasteiger partial charge in [-0.25, -0.2) is 4.98 Å². The van der Waals surface area contributed by atoms with Crippen molar-refractivity contribution in [3.63, 3.8) is 0 Å². The lowest BCUT2D eigenvalue weighted by Gasteiger charge is -2.31. The zero-order valence-electron chi connectivity index (χ0n) is 16.5. The van der Waals surface area contributed by atoms with Crippen LogP contribution in [-0.4, -0.2) is 51.7 Å². The van der Waals surface area contributed by atoms with Gasteiger partial charge in [-0.2, -0.15) is 0 Å². The minimum Gasteiger partial charge on any atom is -0.356 e. The number of piperidine rings is 1. The van der Waals surface area contributed by atoms with E-state index in [0.29, 0.717) is 11.8 Å². The van der Waals surface area contributed by atoms with E-state index in [1.807, 2.05) is 23.2 Å². The smallest absolute Gasteiger partial charge is 0.223 e. The standard InChI is InChI=1S/C21H27N5O2S/c27-21(23-5-1-7-26-10-6-22-14-26)17-12-16(17)13-25-8-2-15(3-9-25)19-20-18(28-24-19)4-11-29-20/h4,6,10-11,14-17H,1-3,5,7-9,12-13H2,(H,23,27)/t16-,17?/m0/s1. The van der Waals surface area contributed by atoms with Gasteiger partial charge >= 0.3 is 0 Å². The summed E-state index contributed by atoms with van der Waals surface area (Å²) in [7, 11) is 0. The highest BCUT2D eigenvalue weighted by atomic mass is 32.1. The van der Waals surface area contributed by atoms with Gasteiger partial charge in [0.2, 0.25) is 5.91 Å². The van der Waals surface area contributed by atoms with Crippen LogP contribution in [0.25, 0.3) is 10.3 Å². The van der Waals surface area contributed by atoms with Crippen molar-refractivity contribution in [1.29, 1.82) is 0 Å². The summed E-state index contributed by atoms with van der Waals surface area (Å²) in [6.07, 6.45) is 9.76. The van der Waals surface area contributed by atoms with E-state index in [1.54, 1.807) is 17.5 Å². The van der Waals surface area contributed by atoms with Gasteiger partial charge < -0.3 is 19.3 Å². The second-order valence-corrected chi connectivity index (χ2v) is 9.22. The molecule has 1 amide bonds. The highest BCUT2D eigenvalue weighted by molar-refractivity contribution is 7.17. The normalized spacial score (nSPS) is 22.9. The van der Waals surface area contributed by atoms with Gasteiger partial charge in [0.05, 0.1) is 11.0 Å². The minimum absolute atomic E-state index is 0.210. The number of amides is 1. The molecule has 1 N–H and O–H groups in total. The fourth-order valence-electron chi connectivity index (χ4n) is 4.47. The second-order valence-electron chi connectivity index (χ2n) is 8.30. The molecule has 3 aromatic heterocycles. The maximum atomic E-state index is 12.4. The number of rotatable bonds is 8. The Morgan fingerprint density at radius 2 is 2.24 bits per heavy atom. The predicted molar refractivity (Wildman–Crippen MR) is 112 cm³/mol. The first-order valence-corrected chi connectivity index (χ1v) is 11.4. The van der Waals surface area contributed by atoms with E-state index < -0.39 is 0 Å². The van der Waals surface area contributed by atoms with Crippen LogP contribution in [0, 0.1) is 11.8 Å². The topological polar surface area (TPSA) is 76.2 Å². The van der Waals surface area contributed by atoms with Crippen molar-refractivity contribution in [3.05, 3.63) is 35.9 Å². The van der Waals surface area contributed by atoms with Crippen LogP contribution in [-0.2, 0) is 11.3 Å². The van der Waals surface area contributed by atoms with Gasteiger partial charge in [-0.3, -0.25) is 4.79 Å². The molecular weight excluding hydrogens is 386 g/mol. The van der Waals surface area contributed by atoms with E-state index >= 15 is 0 Å².